The van der Waals surface area contributed by atoms with E-state index in [4.69, 9.17) is 4.74 Å². The van der Waals surface area contributed by atoms with Crippen LogP contribution in [0.5, 0.6) is 0 Å². The van der Waals surface area contributed by atoms with Crippen molar-refractivity contribution in [2.75, 3.05) is 25.6 Å². The molecule has 3 aliphatic heterocycles. The van der Waals surface area contributed by atoms with Gasteiger partial charge in [-0.3, -0.25) is 4.79 Å². The van der Waals surface area contributed by atoms with E-state index in [-0.39, 0.29) is 36.7 Å². The van der Waals surface area contributed by atoms with Gasteiger partial charge in [-0.15, -0.1) is 0 Å². The normalized spacial score (nSPS) is 23.5. The first-order chi connectivity index (χ1) is 16.9. The average molecular weight is 483 g/mol. The molecule has 0 radical (unpaired) electrons. The lowest BCUT2D eigenvalue weighted by molar-refractivity contribution is -0.102. The molecule has 2 aromatic rings. The van der Waals surface area contributed by atoms with Crippen LogP contribution in [0.15, 0.2) is 36.8 Å². The van der Waals surface area contributed by atoms with Crippen molar-refractivity contribution in [1.82, 2.24) is 29.5 Å². The summed E-state index contributed by atoms with van der Waals surface area (Å²) in [5.41, 5.74) is 2.42. The number of amides is 1. The van der Waals surface area contributed by atoms with E-state index in [1.807, 2.05) is 22.9 Å². The van der Waals surface area contributed by atoms with Gasteiger partial charge in [0.2, 0.25) is 0 Å². The monoisotopic (exact) mass is 483 g/mol. The fraction of sp³-hybridized carbons (Fsp3) is 0.391. The molecule has 2 aromatic heterocycles. The first kappa shape index (κ1) is 21.9. The Bertz CT molecular complexity index is 1400. The first-order valence-corrected chi connectivity index (χ1v) is 11.3. The molecule has 1 saturated carbocycles. The van der Waals surface area contributed by atoms with Gasteiger partial charge in [-0.2, -0.15) is 9.61 Å². The highest BCUT2D eigenvalue weighted by Crippen LogP contribution is 2.38. The highest BCUT2D eigenvalue weighted by Gasteiger charge is 2.49. The molecule has 0 spiro atoms. The lowest BCUT2D eigenvalue weighted by atomic mass is 9.88. The summed E-state index contributed by atoms with van der Waals surface area (Å²) in [5.74, 6) is -2.31. The second kappa shape index (κ2) is 7.95. The van der Waals surface area contributed by atoms with E-state index >= 15 is 0 Å². The summed E-state index contributed by atoms with van der Waals surface area (Å²) < 4.78 is 36.2. The van der Waals surface area contributed by atoms with Crippen LogP contribution >= 0.6 is 0 Å². The van der Waals surface area contributed by atoms with Gasteiger partial charge in [0.1, 0.15) is 23.3 Å². The number of rotatable bonds is 5. The van der Waals surface area contributed by atoms with Gasteiger partial charge < -0.3 is 25.0 Å². The van der Waals surface area contributed by atoms with E-state index < -0.39 is 24.0 Å². The topological polar surface area (TPSA) is 119 Å². The molecular weight excluding hydrogens is 460 g/mol. The number of hydrogen-bond donors (Lipinski definition) is 3. The highest BCUT2D eigenvalue weighted by atomic mass is 19.3. The van der Waals surface area contributed by atoms with Crippen LogP contribution in [0.1, 0.15) is 29.2 Å². The van der Waals surface area contributed by atoms with E-state index in [1.54, 1.807) is 19.3 Å². The number of carbonyl (C=O) groups excluding carboxylic acids is 1. The maximum atomic E-state index is 13.7. The van der Waals surface area contributed by atoms with Gasteiger partial charge in [0.25, 0.3) is 11.8 Å². The van der Waals surface area contributed by atoms with E-state index in [2.05, 4.69) is 25.7 Å². The molecule has 35 heavy (non-hydrogen) atoms. The van der Waals surface area contributed by atoms with Gasteiger partial charge in [-0.05, 0) is 18.6 Å². The zero-order chi connectivity index (χ0) is 24.3. The number of pyridine rings is 1. The van der Waals surface area contributed by atoms with Gasteiger partial charge in [0.15, 0.2) is 5.65 Å². The molecule has 3 N–H and O–H groups in total. The van der Waals surface area contributed by atoms with Crippen LogP contribution in [0.3, 0.4) is 0 Å². The number of aromatic nitrogens is 5. The van der Waals surface area contributed by atoms with Crippen LogP contribution in [0.25, 0.3) is 28.3 Å². The molecule has 6 rings (SSSR count). The lowest BCUT2D eigenvalue weighted by Gasteiger charge is -2.36. The fourth-order valence-corrected chi connectivity index (χ4v) is 4.69. The molecule has 1 saturated heterocycles. The SMILES string of the molecule is CNc1cc(-c2cnc3n([C@@H]4COC[C@H]4O)cccc2-3)nc2c(C(=O)N[C@@H]3CCC3(F)F)cnn12. The Morgan fingerprint density at radius 3 is 2.83 bits per heavy atom. The Balaban J connectivity index is 1.40. The maximum absolute atomic E-state index is 13.7. The van der Waals surface area contributed by atoms with Crippen molar-refractivity contribution in [3.8, 4) is 22.6 Å². The second-order valence-electron chi connectivity index (χ2n) is 8.89. The molecule has 1 aliphatic carbocycles. The summed E-state index contributed by atoms with van der Waals surface area (Å²) in [7, 11) is 1.71. The highest BCUT2D eigenvalue weighted by molar-refractivity contribution is 6.00. The smallest absolute Gasteiger partial charge is 0.267 e. The van der Waals surface area contributed by atoms with Crippen molar-refractivity contribution >= 4 is 17.4 Å². The number of carbonyl (C=O) groups is 1. The van der Waals surface area contributed by atoms with Gasteiger partial charge >= 0.3 is 0 Å². The van der Waals surface area contributed by atoms with Gasteiger partial charge in [0.05, 0.1) is 37.2 Å². The molecule has 12 heteroatoms. The molecule has 0 bridgehead atoms. The van der Waals surface area contributed by atoms with Crippen molar-refractivity contribution in [3.05, 3.63) is 42.4 Å². The van der Waals surface area contributed by atoms with Gasteiger partial charge in [-0.1, -0.05) is 0 Å². The number of fused-ring (bicyclic) bond motifs is 2. The lowest BCUT2D eigenvalue weighted by Crippen LogP contribution is -2.55. The summed E-state index contributed by atoms with van der Waals surface area (Å²) in [6.07, 6.45) is 4.23. The minimum atomic E-state index is -2.90. The third-order valence-corrected chi connectivity index (χ3v) is 6.81. The summed E-state index contributed by atoms with van der Waals surface area (Å²) in [5, 5.41) is 20.0. The van der Waals surface area contributed by atoms with Crippen molar-refractivity contribution in [3.63, 3.8) is 0 Å². The Labute approximate surface area is 198 Å². The summed E-state index contributed by atoms with van der Waals surface area (Å²) in [4.78, 5) is 22.1. The summed E-state index contributed by atoms with van der Waals surface area (Å²) in [6.45, 7) is 0.653. The number of halogens is 2. The average Bonchev–Trinajstić information content (AvgIpc) is 3.58. The molecule has 10 nitrogen and oxygen atoms in total. The molecule has 3 atom stereocenters. The molecule has 1 amide bonds. The standard InChI is InChI=1S/C23H23F2N7O3/c1-26-19-7-15(13-8-27-20-12(13)3-2-6-31(20)16-10-35-11-17(16)33)29-21-14(9-28-32(19)21)22(34)30-18-4-5-23(18,24)25/h2-3,6-9,16-18,26,33H,4-5,10-11H2,1H3,(H,30,34)/t16-,17-,18-/m1/s1. The number of nitrogens with zero attached hydrogens (tertiary/aromatic N) is 5. The molecule has 0 aromatic carbocycles. The fourth-order valence-electron chi connectivity index (χ4n) is 4.69. The third kappa shape index (κ3) is 3.43. The van der Waals surface area contributed by atoms with E-state index in [0.717, 1.165) is 11.1 Å². The molecule has 4 aliphatic rings. The largest absolute Gasteiger partial charge is 0.388 e. The number of anilines is 1. The summed E-state index contributed by atoms with van der Waals surface area (Å²) in [6, 6.07) is 4.12. The predicted octanol–water partition coefficient (Wildman–Crippen LogP) is 2.20. The Morgan fingerprint density at radius 2 is 2.14 bits per heavy atom. The predicted molar refractivity (Wildman–Crippen MR) is 122 cm³/mol. The number of aliphatic hydroxyl groups excluding tert-OH is 1. The Kier molecular flexibility index (Phi) is 4.97. The summed E-state index contributed by atoms with van der Waals surface area (Å²) >= 11 is 0. The van der Waals surface area contributed by atoms with Crippen molar-refractivity contribution in [2.24, 2.45) is 0 Å². The van der Waals surface area contributed by atoms with Crippen molar-refractivity contribution in [1.29, 1.82) is 0 Å². The van der Waals surface area contributed by atoms with Crippen molar-refractivity contribution in [2.45, 2.75) is 37.0 Å². The van der Waals surface area contributed by atoms with E-state index in [9.17, 15) is 18.7 Å². The quantitative estimate of drug-likeness (QED) is 0.398. The van der Waals surface area contributed by atoms with E-state index in [1.165, 1.54) is 10.7 Å². The van der Waals surface area contributed by atoms with Crippen LogP contribution in [0, 0.1) is 0 Å². The van der Waals surface area contributed by atoms with Gasteiger partial charge in [-0.25, -0.2) is 18.7 Å². The van der Waals surface area contributed by atoms with Crippen LogP contribution in [0.4, 0.5) is 14.6 Å². The number of nitrogens with one attached hydrogen (secondary N) is 2. The molecule has 182 valence electrons. The first-order valence-electron chi connectivity index (χ1n) is 11.3. The number of hydrogen-bond acceptors (Lipinski definition) is 7. The molecule has 5 heterocycles. The molecule has 0 unspecified atom stereocenters. The van der Waals surface area contributed by atoms with Crippen LogP contribution < -0.4 is 10.6 Å². The zero-order valence-corrected chi connectivity index (χ0v) is 18.8. The number of aliphatic hydroxyl groups is 1. The van der Waals surface area contributed by atoms with Crippen LogP contribution in [-0.4, -0.2) is 73.5 Å². The minimum absolute atomic E-state index is 0.108. The Morgan fingerprint density at radius 1 is 1.29 bits per heavy atom. The van der Waals surface area contributed by atoms with Crippen LogP contribution in [0.2, 0.25) is 0 Å². The maximum Gasteiger partial charge on any atom is 0.267 e. The number of ether oxygens (including phenoxy) is 1. The van der Waals surface area contributed by atoms with Crippen LogP contribution in [-0.2, 0) is 4.74 Å². The van der Waals surface area contributed by atoms with Gasteiger partial charge in [0, 0.05) is 43.1 Å². The third-order valence-electron chi connectivity index (χ3n) is 6.81. The molecular formula is C23H23F2N7O3. The van der Waals surface area contributed by atoms with E-state index in [0.29, 0.717) is 23.9 Å². The number of alkyl halides is 2. The zero-order valence-electron chi connectivity index (χ0n) is 18.8. The second-order valence-corrected chi connectivity index (χ2v) is 8.89. The molecule has 2 fully saturated rings. The van der Waals surface area contributed by atoms with Crippen molar-refractivity contribution < 1.29 is 23.4 Å². The minimum Gasteiger partial charge on any atom is -0.388 e. The Hall–Kier alpha value is -3.64.